The number of hydrogen-bond donors (Lipinski definition) is 2. The molecule has 5 rings (SSSR count). The lowest BCUT2D eigenvalue weighted by Gasteiger charge is -2.43. The number of ether oxygens (including phenoxy) is 1. The van der Waals surface area contributed by atoms with Crippen LogP contribution in [0.25, 0.3) is 21.8 Å². The highest BCUT2D eigenvalue weighted by molar-refractivity contribution is 7.99. The van der Waals surface area contributed by atoms with Gasteiger partial charge in [0.15, 0.2) is 0 Å². The number of H-pyrrole nitrogens is 1. The lowest BCUT2D eigenvalue weighted by molar-refractivity contribution is -0.150. The fourth-order valence-electron chi connectivity index (χ4n) is 4.68. The zero-order valence-electron chi connectivity index (χ0n) is 19.3. The number of fused-ring (bicyclic) bond motifs is 3. The number of rotatable bonds is 4. The molecule has 2 fully saturated rings. The van der Waals surface area contributed by atoms with Gasteiger partial charge in [-0.1, -0.05) is 11.6 Å². The van der Waals surface area contributed by atoms with Crippen LogP contribution < -0.4 is 5.32 Å². The summed E-state index contributed by atoms with van der Waals surface area (Å²) in [5.74, 6) is 1.74. The number of carbonyl (C=O) groups excluding carboxylic acids is 2. The van der Waals surface area contributed by atoms with Crippen molar-refractivity contribution in [3.05, 3.63) is 35.6 Å². The fourth-order valence-corrected chi connectivity index (χ4v) is 5.80. The second-order valence-corrected chi connectivity index (χ2v) is 11.1. The molecule has 1 aromatic carbocycles. The number of hydrogen-bond acceptors (Lipinski definition) is 6. The van der Waals surface area contributed by atoms with Crippen molar-refractivity contribution in [1.29, 1.82) is 0 Å². The van der Waals surface area contributed by atoms with E-state index in [-0.39, 0.29) is 25.0 Å². The Balaban J connectivity index is 1.40. The molecule has 2 aliphatic heterocycles. The molecule has 2 N–H and O–H groups in total. The Bertz CT molecular complexity index is 1240. The Kier molecular flexibility index (Phi) is 6.45. The number of nitrogens with one attached hydrogen (secondary N) is 2. The highest BCUT2D eigenvalue weighted by Gasteiger charge is 2.39. The molecule has 8 nitrogen and oxygen atoms in total. The van der Waals surface area contributed by atoms with Crippen LogP contribution in [0.1, 0.15) is 13.8 Å². The van der Waals surface area contributed by atoms with E-state index < -0.39 is 11.6 Å². The van der Waals surface area contributed by atoms with Gasteiger partial charge in [-0.25, -0.2) is 0 Å². The van der Waals surface area contributed by atoms with E-state index in [0.29, 0.717) is 17.3 Å². The summed E-state index contributed by atoms with van der Waals surface area (Å²) in [6.45, 7) is 6.36. The minimum Gasteiger partial charge on any atom is -0.372 e. The van der Waals surface area contributed by atoms with Gasteiger partial charge in [-0.2, -0.15) is 11.8 Å². The highest BCUT2D eigenvalue weighted by Crippen LogP contribution is 2.33. The maximum atomic E-state index is 13.5. The molecule has 2 aliphatic rings. The summed E-state index contributed by atoms with van der Waals surface area (Å²) in [6, 6.07) is 4.94. The Morgan fingerprint density at radius 3 is 2.88 bits per heavy atom. The molecule has 4 heterocycles. The predicted molar refractivity (Wildman–Crippen MR) is 137 cm³/mol. The second kappa shape index (κ2) is 9.37. The lowest BCUT2D eigenvalue weighted by Crippen LogP contribution is -2.60. The molecular formula is C24H28ClN5O3S. The van der Waals surface area contributed by atoms with E-state index in [1.54, 1.807) is 18.5 Å². The molecule has 0 aliphatic carbocycles. The van der Waals surface area contributed by atoms with Crippen LogP contribution in [0.15, 0.2) is 30.6 Å². The van der Waals surface area contributed by atoms with Crippen molar-refractivity contribution in [1.82, 2.24) is 19.8 Å². The van der Waals surface area contributed by atoms with Gasteiger partial charge in [0.25, 0.3) is 0 Å². The van der Waals surface area contributed by atoms with Gasteiger partial charge in [0.1, 0.15) is 6.04 Å². The second-order valence-electron chi connectivity index (χ2n) is 9.40. The average Bonchev–Trinajstić information content (AvgIpc) is 3.18. The maximum absolute atomic E-state index is 13.5. The van der Waals surface area contributed by atoms with Crippen LogP contribution >= 0.6 is 23.4 Å². The molecule has 3 aromatic rings. The average molecular weight is 502 g/mol. The summed E-state index contributed by atoms with van der Waals surface area (Å²) in [5, 5.41) is 5.46. The minimum atomic E-state index is -0.587. The molecule has 0 unspecified atom stereocenters. The van der Waals surface area contributed by atoms with Gasteiger partial charge in [-0.3, -0.25) is 19.5 Å². The number of nitrogens with zero attached hydrogens (tertiary/aromatic N) is 3. The Hall–Kier alpha value is -2.33. The van der Waals surface area contributed by atoms with Crippen LogP contribution in [0.3, 0.4) is 0 Å². The molecule has 0 saturated carbocycles. The van der Waals surface area contributed by atoms with Gasteiger partial charge in [-0.05, 0) is 32.0 Å². The van der Waals surface area contributed by atoms with Gasteiger partial charge in [0.05, 0.1) is 41.7 Å². The van der Waals surface area contributed by atoms with Crippen LogP contribution in [0, 0.1) is 0 Å². The third kappa shape index (κ3) is 4.75. The van der Waals surface area contributed by atoms with Crippen LogP contribution in [0.5, 0.6) is 0 Å². The molecule has 10 heteroatoms. The molecule has 2 aromatic heterocycles. The van der Waals surface area contributed by atoms with Crippen LogP contribution in [0.4, 0.5) is 5.69 Å². The topological polar surface area (TPSA) is 90.6 Å². The fraction of sp³-hybridized carbons (Fsp3) is 0.458. The van der Waals surface area contributed by atoms with Crippen molar-refractivity contribution in [2.24, 2.45) is 0 Å². The maximum Gasteiger partial charge on any atom is 0.244 e. The molecule has 0 radical (unpaired) electrons. The van der Waals surface area contributed by atoms with E-state index in [2.05, 4.69) is 15.3 Å². The zero-order valence-corrected chi connectivity index (χ0v) is 20.8. The van der Waals surface area contributed by atoms with E-state index in [9.17, 15) is 9.59 Å². The number of aromatic nitrogens is 2. The summed E-state index contributed by atoms with van der Waals surface area (Å²) < 4.78 is 5.98. The molecule has 2 amide bonds. The summed E-state index contributed by atoms with van der Waals surface area (Å²) in [7, 11) is 0. The number of thioether (sulfide) groups is 1. The molecular weight excluding hydrogens is 474 g/mol. The number of amides is 2. The van der Waals surface area contributed by atoms with Gasteiger partial charge < -0.3 is 19.9 Å². The molecule has 180 valence electrons. The Morgan fingerprint density at radius 2 is 2.09 bits per heavy atom. The van der Waals surface area contributed by atoms with Crippen molar-refractivity contribution < 1.29 is 14.3 Å². The summed E-state index contributed by atoms with van der Waals surface area (Å²) in [4.78, 5) is 37.8. The van der Waals surface area contributed by atoms with Crippen LogP contribution in [-0.2, 0) is 14.3 Å². The summed E-state index contributed by atoms with van der Waals surface area (Å²) >= 11 is 8.27. The van der Waals surface area contributed by atoms with E-state index in [1.165, 1.54) is 0 Å². The van der Waals surface area contributed by atoms with E-state index in [1.807, 2.05) is 47.5 Å². The summed E-state index contributed by atoms with van der Waals surface area (Å²) in [6.07, 6.45) is 3.48. The van der Waals surface area contributed by atoms with Crippen LogP contribution in [0.2, 0.25) is 5.02 Å². The van der Waals surface area contributed by atoms with Gasteiger partial charge in [-0.15, -0.1) is 0 Å². The van der Waals surface area contributed by atoms with Gasteiger partial charge in [0, 0.05) is 53.1 Å². The van der Waals surface area contributed by atoms with Crippen molar-refractivity contribution in [2.75, 3.05) is 49.6 Å². The lowest BCUT2D eigenvalue weighted by atomic mass is 10.0. The first-order valence-electron chi connectivity index (χ1n) is 11.4. The monoisotopic (exact) mass is 501 g/mol. The first-order chi connectivity index (χ1) is 16.3. The zero-order chi connectivity index (χ0) is 23.9. The molecule has 0 spiro atoms. The largest absolute Gasteiger partial charge is 0.372 e. The molecule has 34 heavy (non-hydrogen) atoms. The number of morpholine rings is 1. The number of halogens is 1. The van der Waals surface area contributed by atoms with Crippen molar-refractivity contribution in [2.45, 2.75) is 25.5 Å². The van der Waals surface area contributed by atoms with E-state index in [0.717, 1.165) is 46.4 Å². The van der Waals surface area contributed by atoms with E-state index >= 15 is 0 Å². The van der Waals surface area contributed by atoms with Gasteiger partial charge >= 0.3 is 0 Å². The Labute approximate surface area is 207 Å². The van der Waals surface area contributed by atoms with Crippen molar-refractivity contribution >= 4 is 62.7 Å². The van der Waals surface area contributed by atoms with Crippen molar-refractivity contribution in [3.63, 3.8) is 0 Å². The number of anilines is 1. The molecule has 1 atom stereocenters. The normalized spacial score (nSPS) is 21.1. The quantitative estimate of drug-likeness (QED) is 0.569. The number of pyridine rings is 1. The standard InChI is InChI=1S/C24H28ClN5O3S/c1-24(2)14-30(12-21(31)29-5-7-34-8-6-29)20(13-33-24)23(32)28-18-10-15(25)9-17-16-3-4-26-11-19(16)27-22(17)18/h3-4,9-11,20,27H,5-8,12-14H2,1-2H3,(H,28,32)/t20-/m0/s1. The van der Waals surface area contributed by atoms with Crippen molar-refractivity contribution in [3.8, 4) is 0 Å². The van der Waals surface area contributed by atoms with Crippen LogP contribution in [-0.4, -0.2) is 87.5 Å². The smallest absolute Gasteiger partial charge is 0.244 e. The Morgan fingerprint density at radius 1 is 1.29 bits per heavy atom. The number of carbonyl (C=O) groups is 2. The minimum absolute atomic E-state index is 0.0593. The molecule has 2 saturated heterocycles. The first kappa shape index (κ1) is 23.4. The molecule has 0 bridgehead atoms. The SMILES string of the molecule is CC1(C)CN(CC(=O)N2CCSCC2)[C@H](C(=O)Nc2cc(Cl)cc3c2[nH]c2cnccc23)CO1. The number of benzene rings is 1. The third-order valence-corrected chi connectivity index (χ3v) is 7.55. The van der Waals surface area contributed by atoms with Gasteiger partial charge in [0.2, 0.25) is 11.8 Å². The third-order valence-electron chi connectivity index (χ3n) is 6.39. The predicted octanol–water partition coefficient (Wildman–Crippen LogP) is 3.36. The number of aromatic amines is 1. The first-order valence-corrected chi connectivity index (χ1v) is 12.9. The highest BCUT2D eigenvalue weighted by atomic mass is 35.5. The van der Waals surface area contributed by atoms with E-state index in [4.69, 9.17) is 16.3 Å². The summed E-state index contributed by atoms with van der Waals surface area (Å²) in [5.41, 5.74) is 1.80.